The Kier molecular flexibility index (Phi) is 2.16. The van der Waals surface area contributed by atoms with Crippen LogP contribution >= 0.6 is 0 Å². The van der Waals surface area contributed by atoms with Crippen LogP contribution in [0, 0.1) is 12.3 Å². The summed E-state index contributed by atoms with van der Waals surface area (Å²) in [5, 5.41) is 11.8. The number of aliphatic carboxylic acids is 1. The zero-order valence-electron chi connectivity index (χ0n) is 6.26. The van der Waals surface area contributed by atoms with E-state index in [1.807, 2.05) is 0 Å². The van der Waals surface area contributed by atoms with Crippen molar-refractivity contribution in [1.82, 2.24) is 5.32 Å². The highest BCUT2D eigenvalue weighted by molar-refractivity contribution is 5.79. The van der Waals surface area contributed by atoms with Crippen molar-refractivity contribution in [3.05, 3.63) is 0 Å². The zero-order chi connectivity index (χ0) is 8.32. The lowest BCUT2D eigenvalue weighted by atomic mass is 9.94. The van der Waals surface area contributed by atoms with Crippen LogP contribution in [0.15, 0.2) is 0 Å². The van der Waals surface area contributed by atoms with Crippen molar-refractivity contribution in [3.8, 4) is 12.3 Å². The highest BCUT2D eigenvalue weighted by Gasteiger charge is 2.40. The van der Waals surface area contributed by atoms with Crippen molar-refractivity contribution in [2.24, 2.45) is 0 Å². The SMILES string of the molecule is C#CC[C@@]1(C(=O)O)CCCN1. The number of carbonyl (C=O) groups is 1. The normalized spacial score (nSPS) is 29.7. The van der Waals surface area contributed by atoms with E-state index >= 15 is 0 Å². The Labute approximate surface area is 65.8 Å². The van der Waals surface area contributed by atoms with Crippen LogP contribution in [0.5, 0.6) is 0 Å². The number of carboxylic acid groups (broad SMARTS) is 1. The molecule has 3 heteroatoms. The lowest BCUT2D eigenvalue weighted by Crippen LogP contribution is -2.47. The van der Waals surface area contributed by atoms with Gasteiger partial charge in [0.25, 0.3) is 0 Å². The molecule has 0 aromatic carbocycles. The van der Waals surface area contributed by atoms with Gasteiger partial charge in [0.1, 0.15) is 5.54 Å². The molecule has 0 radical (unpaired) electrons. The molecule has 2 N–H and O–H groups in total. The van der Waals surface area contributed by atoms with Crippen LogP contribution in [-0.2, 0) is 4.79 Å². The van der Waals surface area contributed by atoms with E-state index < -0.39 is 11.5 Å². The predicted octanol–water partition coefficient (Wildman–Crippen LogP) is 0.216. The smallest absolute Gasteiger partial charge is 0.324 e. The zero-order valence-corrected chi connectivity index (χ0v) is 6.26. The van der Waals surface area contributed by atoms with E-state index in [9.17, 15) is 4.79 Å². The molecule has 1 heterocycles. The van der Waals surface area contributed by atoms with Crippen LogP contribution in [0.1, 0.15) is 19.3 Å². The number of nitrogens with one attached hydrogen (secondary N) is 1. The summed E-state index contributed by atoms with van der Waals surface area (Å²) in [7, 11) is 0. The van der Waals surface area contributed by atoms with E-state index in [1.54, 1.807) is 0 Å². The molecule has 60 valence electrons. The fourth-order valence-corrected chi connectivity index (χ4v) is 1.39. The number of rotatable bonds is 2. The molecule has 0 bridgehead atoms. The van der Waals surface area contributed by atoms with Gasteiger partial charge in [0.15, 0.2) is 0 Å². The molecule has 0 aromatic rings. The third-order valence-electron chi connectivity index (χ3n) is 2.06. The van der Waals surface area contributed by atoms with Gasteiger partial charge in [-0.1, -0.05) is 0 Å². The molecule has 1 aliphatic heterocycles. The van der Waals surface area contributed by atoms with Crippen LogP contribution in [0.25, 0.3) is 0 Å². The number of hydrogen-bond donors (Lipinski definition) is 2. The van der Waals surface area contributed by atoms with Crippen LogP contribution in [0.4, 0.5) is 0 Å². The first-order valence-corrected chi connectivity index (χ1v) is 3.63. The minimum atomic E-state index is -0.826. The number of hydrogen-bond acceptors (Lipinski definition) is 2. The Morgan fingerprint density at radius 2 is 2.55 bits per heavy atom. The Bertz CT molecular complexity index is 199. The summed E-state index contributed by atoms with van der Waals surface area (Å²) in [5.41, 5.74) is -0.825. The molecule has 0 aliphatic carbocycles. The molecule has 0 aromatic heterocycles. The third kappa shape index (κ3) is 1.36. The Balaban J connectivity index is 2.72. The molecule has 3 nitrogen and oxygen atoms in total. The molecule has 1 fully saturated rings. The first-order chi connectivity index (χ1) is 5.21. The van der Waals surface area contributed by atoms with E-state index in [2.05, 4.69) is 11.2 Å². The third-order valence-corrected chi connectivity index (χ3v) is 2.06. The Hall–Kier alpha value is -1.01. The average molecular weight is 153 g/mol. The highest BCUT2D eigenvalue weighted by Crippen LogP contribution is 2.22. The number of terminal acetylenes is 1. The van der Waals surface area contributed by atoms with E-state index in [0.717, 1.165) is 13.0 Å². The second kappa shape index (κ2) is 2.93. The average Bonchev–Trinajstić information content (AvgIpc) is 2.38. The molecule has 0 amide bonds. The van der Waals surface area contributed by atoms with E-state index in [0.29, 0.717) is 6.42 Å². The molecule has 1 atom stereocenters. The summed E-state index contributed by atoms with van der Waals surface area (Å²) in [6.07, 6.45) is 6.90. The van der Waals surface area contributed by atoms with Gasteiger partial charge >= 0.3 is 5.97 Å². The molecule has 0 unspecified atom stereocenters. The van der Waals surface area contributed by atoms with Crippen molar-refractivity contribution in [3.63, 3.8) is 0 Å². The minimum Gasteiger partial charge on any atom is -0.480 e. The predicted molar refractivity (Wildman–Crippen MR) is 41.1 cm³/mol. The van der Waals surface area contributed by atoms with E-state index in [1.165, 1.54) is 0 Å². The van der Waals surface area contributed by atoms with Crippen molar-refractivity contribution in [2.75, 3.05) is 6.54 Å². The Morgan fingerprint density at radius 3 is 2.91 bits per heavy atom. The van der Waals surface area contributed by atoms with E-state index in [4.69, 9.17) is 11.5 Å². The van der Waals surface area contributed by atoms with Gasteiger partial charge in [-0.25, -0.2) is 0 Å². The fraction of sp³-hybridized carbons (Fsp3) is 0.625. The lowest BCUT2D eigenvalue weighted by molar-refractivity contribution is -0.144. The van der Waals surface area contributed by atoms with Gasteiger partial charge in [-0.05, 0) is 19.4 Å². The minimum absolute atomic E-state index is 0.280. The second-order valence-electron chi connectivity index (χ2n) is 2.80. The Morgan fingerprint density at radius 1 is 1.82 bits per heavy atom. The number of carboxylic acids is 1. The monoisotopic (exact) mass is 153 g/mol. The second-order valence-corrected chi connectivity index (χ2v) is 2.80. The van der Waals surface area contributed by atoms with Gasteiger partial charge in [-0.2, -0.15) is 0 Å². The van der Waals surface area contributed by atoms with Crippen LogP contribution in [-0.4, -0.2) is 23.2 Å². The lowest BCUT2D eigenvalue weighted by Gasteiger charge is -2.20. The van der Waals surface area contributed by atoms with Crippen molar-refractivity contribution in [2.45, 2.75) is 24.8 Å². The largest absolute Gasteiger partial charge is 0.480 e. The van der Waals surface area contributed by atoms with E-state index in [-0.39, 0.29) is 6.42 Å². The summed E-state index contributed by atoms with van der Waals surface area (Å²) in [6, 6.07) is 0. The topological polar surface area (TPSA) is 49.3 Å². The molecular formula is C8H11NO2. The maximum absolute atomic E-state index is 10.8. The molecule has 1 rings (SSSR count). The van der Waals surface area contributed by atoms with Crippen LogP contribution in [0.2, 0.25) is 0 Å². The van der Waals surface area contributed by atoms with Crippen molar-refractivity contribution < 1.29 is 9.90 Å². The highest BCUT2D eigenvalue weighted by atomic mass is 16.4. The summed E-state index contributed by atoms with van der Waals surface area (Å²) in [4.78, 5) is 10.8. The molecule has 0 spiro atoms. The van der Waals surface area contributed by atoms with Gasteiger partial charge < -0.3 is 10.4 Å². The van der Waals surface area contributed by atoms with Gasteiger partial charge in [-0.3, -0.25) is 4.79 Å². The van der Waals surface area contributed by atoms with Gasteiger partial charge in [-0.15, -0.1) is 12.3 Å². The van der Waals surface area contributed by atoms with Gasteiger partial charge in [0, 0.05) is 6.42 Å². The summed E-state index contributed by atoms with van der Waals surface area (Å²) in [6.45, 7) is 0.758. The molecule has 11 heavy (non-hydrogen) atoms. The summed E-state index contributed by atoms with van der Waals surface area (Å²) < 4.78 is 0. The van der Waals surface area contributed by atoms with Crippen molar-refractivity contribution >= 4 is 5.97 Å². The van der Waals surface area contributed by atoms with Gasteiger partial charge in [0.2, 0.25) is 0 Å². The van der Waals surface area contributed by atoms with Crippen molar-refractivity contribution in [1.29, 1.82) is 0 Å². The summed E-state index contributed by atoms with van der Waals surface area (Å²) >= 11 is 0. The quantitative estimate of drug-likeness (QED) is 0.558. The molecular weight excluding hydrogens is 142 g/mol. The van der Waals surface area contributed by atoms with Gasteiger partial charge in [0.05, 0.1) is 0 Å². The maximum atomic E-state index is 10.8. The fourth-order valence-electron chi connectivity index (χ4n) is 1.39. The molecule has 1 saturated heterocycles. The first-order valence-electron chi connectivity index (χ1n) is 3.63. The first kappa shape index (κ1) is 8.09. The standard InChI is InChI=1S/C8H11NO2/c1-2-4-8(7(10)11)5-3-6-9-8/h1,9H,3-6H2,(H,10,11)/t8-/m0/s1. The van der Waals surface area contributed by atoms with Crippen LogP contribution in [0.3, 0.4) is 0 Å². The van der Waals surface area contributed by atoms with Crippen LogP contribution < -0.4 is 5.32 Å². The summed E-state index contributed by atoms with van der Waals surface area (Å²) in [5.74, 6) is 1.56. The molecule has 0 saturated carbocycles. The molecule has 1 aliphatic rings. The maximum Gasteiger partial charge on any atom is 0.324 e.